The zero-order valence-corrected chi connectivity index (χ0v) is 15.0. The Morgan fingerprint density at radius 3 is 2.83 bits per heavy atom. The number of fused-ring (bicyclic) bond motifs is 1. The van der Waals surface area contributed by atoms with Crippen LogP contribution in [0.15, 0.2) is 24.3 Å². The summed E-state index contributed by atoms with van der Waals surface area (Å²) in [6.07, 6.45) is 3.07. The molecule has 6 nitrogen and oxygen atoms in total. The van der Waals surface area contributed by atoms with Gasteiger partial charge in [0.15, 0.2) is 11.5 Å². The fourth-order valence-corrected chi connectivity index (χ4v) is 3.89. The molecule has 0 spiro atoms. The van der Waals surface area contributed by atoms with Crippen molar-refractivity contribution < 1.29 is 22.1 Å². The van der Waals surface area contributed by atoms with E-state index >= 15 is 0 Å². The van der Waals surface area contributed by atoms with Crippen LogP contribution >= 0.6 is 0 Å². The Balaban J connectivity index is 1.56. The molecule has 2 atom stereocenters. The van der Waals surface area contributed by atoms with E-state index in [-0.39, 0.29) is 18.1 Å². The van der Waals surface area contributed by atoms with Gasteiger partial charge in [-0.1, -0.05) is 19.1 Å². The quantitative estimate of drug-likeness (QED) is 0.752. The Labute approximate surface area is 143 Å². The van der Waals surface area contributed by atoms with Gasteiger partial charge in [0, 0.05) is 18.5 Å². The number of likely N-dealkylation sites (tertiary alicyclic amines) is 1. The first-order valence-electron chi connectivity index (χ1n) is 8.28. The average Bonchev–Trinajstić information content (AvgIpc) is 2.53. The van der Waals surface area contributed by atoms with Crippen LogP contribution in [0.1, 0.15) is 19.8 Å². The number of ether oxygens (including phenoxy) is 2. The van der Waals surface area contributed by atoms with Crippen molar-refractivity contribution in [1.82, 2.24) is 4.90 Å². The second-order valence-electron chi connectivity index (χ2n) is 7.11. The molecule has 24 heavy (non-hydrogen) atoms. The van der Waals surface area contributed by atoms with Crippen molar-refractivity contribution in [2.45, 2.75) is 25.9 Å². The van der Waals surface area contributed by atoms with Gasteiger partial charge in [-0.05, 0) is 31.5 Å². The lowest BCUT2D eigenvalue weighted by Crippen LogP contribution is -2.49. The first-order valence-corrected chi connectivity index (χ1v) is 10.1. The molecule has 2 aliphatic rings. The molecule has 0 aromatic heterocycles. The average molecular weight is 355 g/mol. The summed E-state index contributed by atoms with van der Waals surface area (Å²) in [4.78, 5) is 2.32. The lowest BCUT2D eigenvalue weighted by molar-refractivity contribution is 0.0136. The molecule has 1 aromatic carbocycles. The van der Waals surface area contributed by atoms with E-state index in [1.807, 2.05) is 24.3 Å². The molecule has 0 amide bonds. The predicted molar refractivity (Wildman–Crippen MR) is 90.9 cm³/mol. The molecule has 0 radical (unpaired) electrons. The minimum atomic E-state index is -3.40. The van der Waals surface area contributed by atoms with Crippen LogP contribution in [0.4, 0.5) is 0 Å². The maximum atomic E-state index is 11.3. The van der Waals surface area contributed by atoms with Gasteiger partial charge in [0.25, 0.3) is 10.1 Å². The molecule has 0 aliphatic carbocycles. The largest absolute Gasteiger partial charge is 0.486 e. The van der Waals surface area contributed by atoms with Gasteiger partial charge in [0.1, 0.15) is 12.7 Å². The van der Waals surface area contributed by atoms with Crippen LogP contribution in [0.3, 0.4) is 0 Å². The van der Waals surface area contributed by atoms with Gasteiger partial charge in [-0.2, -0.15) is 8.42 Å². The maximum absolute atomic E-state index is 11.3. The zero-order chi connectivity index (χ0) is 17.2. The van der Waals surface area contributed by atoms with Crippen LogP contribution in [0.5, 0.6) is 11.5 Å². The fraction of sp³-hybridized carbons (Fsp3) is 0.647. The molecule has 134 valence electrons. The molecule has 0 N–H and O–H groups in total. The Morgan fingerprint density at radius 1 is 1.33 bits per heavy atom. The molecule has 1 aromatic rings. The molecular weight excluding hydrogens is 330 g/mol. The third-order valence-corrected chi connectivity index (χ3v) is 5.06. The van der Waals surface area contributed by atoms with Gasteiger partial charge in [0.05, 0.1) is 12.9 Å². The molecular formula is C17H25NO5S. The number of rotatable bonds is 5. The first-order chi connectivity index (χ1) is 11.3. The molecule has 2 unspecified atom stereocenters. The van der Waals surface area contributed by atoms with Crippen LogP contribution in [-0.2, 0) is 14.3 Å². The normalized spacial score (nSPS) is 27.8. The highest BCUT2D eigenvalue weighted by Crippen LogP contribution is 2.33. The van der Waals surface area contributed by atoms with Crippen molar-refractivity contribution >= 4 is 10.1 Å². The Kier molecular flexibility index (Phi) is 5.03. The van der Waals surface area contributed by atoms with Gasteiger partial charge < -0.3 is 9.47 Å². The molecule has 0 saturated carbocycles. The molecule has 7 heteroatoms. The van der Waals surface area contributed by atoms with E-state index < -0.39 is 10.1 Å². The van der Waals surface area contributed by atoms with Crippen LogP contribution in [0.2, 0.25) is 0 Å². The van der Waals surface area contributed by atoms with Crippen LogP contribution in [0.25, 0.3) is 0 Å². The summed E-state index contributed by atoms with van der Waals surface area (Å²) in [7, 11) is -3.40. The minimum Gasteiger partial charge on any atom is -0.486 e. The Hall–Kier alpha value is -1.31. The highest BCUT2D eigenvalue weighted by molar-refractivity contribution is 7.85. The summed E-state index contributed by atoms with van der Waals surface area (Å²) in [6.45, 7) is 5.39. The smallest absolute Gasteiger partial charge is 0.264 e. The summed E-state index contributed by atoms with van der Waals surface area (Å²) < 4.78 is 39.4. The molecule has 3 rings (SSSR count). The van der Waals surface area contributed by atoms with E-state index in [0.29, 0.717) is 6.61 Å². The fourth-order valence-electron chi connectivity index (χ4n) is 3.39. The number of benzene rings is 1. The lowest BCUT2D eigenvalue weighted by atomic mass is 9.83. The second kappa shape index (κ2) is 6.90. The summed E-state index contributed by atoms with van der Waals surface area (Å²) in [6, 6.07) is 7.69. The van der Waals surface area contributed by atoms with Crippen LogP contribution < -0.4 is 9.47 Å². The van der Waals surface area contributed by atoms with Crippen molar-refractivity contribution in [2.24, 2.45) is 5.41 Å². The highest BCUT2D eigenvalue weighted by Gasteiger charge is 2.34. The highest BCUT2D eigenvalue weighted by atomic mass is 32.2. The SMILES string of the molecule is CC1(COS(C)(=O)=O)CCCN(CC2COc3ccccc3O2)C1. The molecule has 1 saturated heterocycles. The summed E-state index contributed by atoms with van der Waals surface area (Å²) in [5, 5.41) is 0. The van der Waals surface area contributed by atoms with E-state index in [1.54, 1.807) is 0 Å². The minimum absolute atomic E-state index is 0.0157. The number of hydrogen-bond donors (Lipinski definition) is 0. The predicted octanol–water partition coefficient (Wildman–Crippen LogP) is 1.90. The Morgan fingerprint density at radius 2 is 2.08 bits per heavy atom. The van der Waals surface area contributed by atoms with E-state index in [2.05, 4.69) is 11.8 Å². The number of para-hydroxylation sites is 2. The van der Waals surface area contributed by atoms with Crippen LogP contribution in [-0.4, -0.2) is 58.5 Å². The van der Waals surface area contributed by atoms with Crippen molar-refractivity contribution in [3.63, 3.8) is 0 Å². The number of nitrogens with zero attached hydrogens (tertiary/aromatic N) is 1. The van der Waals surface area contributed by atoms with Crippen molar-refractivity contribution in [1.29, 1.82) is 0 Å². The van der Waals surface area contributed by atoms with E-state index in [9.17, 15) is 8.42 Å². The number of piperidine rings is 1. The molecule has 0 bridgehead atoms. The topological polar surface area (TPSA) is 65.1 Å². The molecule has 2 aliphatic heterocycles. The monoisotopic (exact) mass is 355 g/mol. The summed E-state index contributed by atoms with van der Waals surface area (Å²) in [5.74, 6) is 1.58. The third kappa shape index (κ3) is 4.62. The lowest BCUT2D eigenvalue weighted by Gasteiger charge is -2.41. The summed E-state index contributed by atoms with van der Waals surface area (Å²) >= 11 is 0. The standard InChI is InChI=1S/C17H25NO5S/c1-17(13-22-24(2,19)20)8-5-9-18(12-17)10-14-11-21-15-6-3-4-7-16(15)23-14/h3-4,6-7,14H,5,8-13H2,1-2H3. The maximum Gasteiger partial charge on any atom is 0.264 e. The van der Waals surface area contributed by atoms with E-state index in [1.165, 1.54) is 0 Å². The van der Waals surface area contributed by atoms with Gasteiger partial charge >= 0.3 is 0 Å². The number of hydrogen-bond acceptors (Lipinski definition) is 6. The summed E-state index contributed by atoms with van der Waals surface area (Å²) in [5.41, 5.74) is -0.158. The van der Waals surface area contributed by atoms with Gasteiger partial charge in [-0.25, -0.2) is 0 Å². The van der Waals surface area contributed by atoms with Crippen LogP contribution in [0, 0.1) is 5.41 Å². The third-order valence-electron chi connectivity index (χ3n) is 4.51. The molecule has 1 fully saturated rings. The van der Waals surface area contributed by atoms with Gasteiger partial charge in [0.2, 0.25) is 0 Å². The Bertz CT molecular complexity index is 677. The van der Waals surface area contributed by atoms with E-state index in [4.69, 9.17) is 13.7 Å². The molecule has 2 heterocycles. The van der Waals surface area contributed by atoms with Crippen molar-refractivity contribution in [3.8, 4) is 11.5 Å². The van der Waals surface area contributed by atoms with Gasteiger partial charge in [-0.3, -0.25) is 9.08 Å². The van der Waals surface area contributed by atoms with Gasteiger partial charge in [-0.15, -0.1) is 0 Å². The van der Waals surface area contributed by atoms with Crippen molar-refractivity contribution in [2.75, 3.05) is 39.1 Å². The van der Waals surface area contributed by atoms with E-state index in [0.717, 1.165) is 50.2 Å². The second-order valence-corrected chi connectivity index (χ2v) is 8.76. The van der Waals surface area contributed by atoms with Crippen molar-refractivity contribution in [3.05, 3.63) is 24.3 Å². The zero-order valence-electron chi connectivity index (χ0n) is 14.2. The first kappa shape index (κ1) is 17.5.